The fourth-order valence-corrected chi connectivity index (χ4v) is 1.63. The predicted molar refractivity (Wildman–Crippen MR) is 48.2 cm³/mol. The fraction of sp³-hybridized carbons (Fsp3) is 0.375. The number of carbonyl (C=O) groups excluding carboxylic acids is 1. The largest absolute Gasteiger partial charge is 0.462 e. The van der Waals surface area contributed by atoms with Crippen molar-refractivity contribution in [2.24, 2.45) is 5.73 Å². The molecule has 1 heterocycles. The van der Waals surface area contributed by atoms with Crippen LogP contribution >= 0.6 is 11.3 Å². The molecule has 2 N–H and O–H groups in total. The van der Waals surface area contributed by atoms with Crippen LogP contribution in [0.25, 0.3) is 0 Å². The van der Waals surface area contributed by atoms with E-state index in [9.17, 15) is 4.79 Å². The highest BCUT2D eigenvalue weighted by Crippen LogP contribution is 2.16. The zero-order valence-electron chi connectivity index (χ0n) is 6.87. The molecule has 4 heteroatoms. The highest BCUT2D eigenvalue weighted by Gasteiger charge is 2.11. The van der Waals surface area contributed by atoms with Crippen molar-refractivity contribution in [1.29, 1.82) is 0 Å². The molecular formula is C8H11NO2S. The molecule has 0 atom stereocenters. The molecule has 12 heavy (non-hydrogen) atoms. The molecule has 0 spiro atoms. The Morgan fingerprint density at radius 3 is 3.08 bits per heavy atom. The van der Waals surface area contributed by atoms with Gasteiger partial charge in [-0.05, 0) is 18.4 Å². The molecule has 0 amide bonds. The Morgan fingerprint density at radius 2 is 2.50 bits per heavy atom. The van der Waals surface area contributed by atoms with E-state index in [1.165, 1.54) is 11.3 Å². The van der Waals surface area contributed by atoms with Crippen LogP contribution in [-0.2, 0) is 11.3 Å². The molecule has 1 aromatic rings. The van der Waals surface area contributed by atoms with E-state index in [4.69, 9.17) is 10.5 Å². The average Bonchev–Trinajstić information content (AvgIpc) is 2.51. The van der Waals surface area contributed by atoms with Crippen molar-refractivity contribution in [3.63, 3.8) is 0 Å². The molecule has 1 aromatic heterocycles. The molecule has 0 aliphatic rings. The summed E-state index contributed by atoms with van der Waals surface area (Å²) in [7, 11) is 0. The first-order valence-corrected chi connectivity index (χ1v) is 4.61. The second-order valence-electron chi connectivity index (χ2n) is 2.18. The Labute approximate surface area is 75.1 Å². The number of esters is 1. The zero-order valence-corrected chi connectivity index (χ0v) is 7.69. The number of hydrogen-bond acceptors (Lipinski definition) is 4. The van der Waals surface area contributed by atoms with E-state index >= 15 is 0 Å². The van der Waals surface area contributed by atoms with E-state index in [2.05, 4.69) is 0 Å². The van der Waals surface area contributed by atoms with Gasteiger partial charge in [-0.15, -0.1) is 11.3 Å². The molecule has 1 rings (SSSR count). The second-order valence-corrected chi connectivity index (χ2v) is 3.18. The third kappa shape index (κ3) is 1.84. The Balaban J connectivity index is 2.79. The Kier molecular flexibility index (Phi) is 3.25. The van der Waals surface area contributed by atoms with Crippen LogP contribution in [0.2, 0.25) is 0 Å². The average molecular weight is 185 g/mol. The SMILES string of the molecule is CCOC(=O)c1ccsc1CN. The maximum absolute atomic E-state index is 11.2. The highest BCUT2D eigenvalue weighted by atomic mass is 32.1. The maximum atomic E-state index is 11.2. The molecule has 0 fully saturated rings. The van der Waals surface area contributed by atoms with E-state index in [0.717, 1.165) is 4.88 Å². The smallest absolute Gasteiger partial charge is 0.339 e. The molecule has 66 valence electrons. The summed E-state index contributed by atoms with van der Waals surface area (Å²) < 4.78 is 4.84. The molecule has 0 saturated heterocycles. The molecule has 0 unspecified atom stereocenters. The Morgan fingerprint density at radius 1 is 1.75 bits per heavy atom. The summed E-state index contributed by atoms with van der Waals surface area (Å²) in [4.78, 5) is 12.1. The topological polar surface area (TPSA) is 52.3 Å². The third-order valence-electron chi connectivity index (χ3n) is 1.43. The van der Waals surface area contributed by atoms with Gasteiger partial charge in [0, 0.05) is 11.4 Å². The lowest BCUT2D eigenvalue weighted by Crippen LogP contribution is -2.07. The summed E-state index contributed by atoms with van der Waals surface area (Å²) in [6.45, 7) is 2.58. The number of thiophene rings is 1. The van der Waals surface area contributed by atoms with Gasteiger partial charge < -0.3 is 10.5 Å². The zero-order chi connectivity index (χ0) is 8.97. The predicted octanol–water partition coefficient (Wildman–Crippen LogP) is 1.38. The van der Waals surface area contributed by atoms with Crippen LogP contribution in [0.4, 0.5) is 0 Å². The second kappa shape index (κ2) is 4.23. The number of nitrogens with two attached hydrogens (primary N) is 1. The third-order valence-corrected chi connectivity index (χ3v) is 2.37. The summed E-state index contributed by atoms with van der Waals surface area (Å²) in [6.07, 6.45) is 0. The van der Waals surface area contributed by atoms with Gasteiger partial charge in [-0.1, -0.05) is 0 Å². The van der Waals surface area contributed by atoms with E-state index in [-0.39, 0.29) is 5.97 Å². The van der Waals surface area contributed by atoms with Gasteiger partial charge in [0.15, 0.2) is 0 Å². The molecule has 0 aliphatic heterocycles. The molecule has 3 nitrogen and oxygen atoms in total. The van der Waals surface area contributed by atoms with Crippen LogP contribution in [0.3, 0.4) is 0 Å². The molecule has 0 saturated carbocycles. The van der Waals surface area contributed by atoms with Crippen LogP contribution in [0, 0.1) is 0 Å². The number of carbonyl (C=O) groups is 1. The molecule has 0 radical (unpaired) electrons. The summed E-state index contributed by atoms with van der Waals surface area (Å²) in [5.41, 5.74) is 6.03. The van der Waals surface area contributed by atoms with Crippen molar-refractivity contribution < 1.29 is 9.53 Å². The lowest BCUT2D eigenvalue weighted by Gasteiger charge is -2.00. The standard InChI is InChI=1S/C8H11NO2S/c1-2-11-8(10)6-3-4-12-7(6)5-9/h3-4H,2,5,9H2,1H3. The Hall–Kier alpha value is -0.870. The van der Waals surface area contributed by atoms with E-state index < -0.39 is 0 Å². The normalized spacial score (nSPS) is 9.83. The van der Waals surface area contributed by atoms with Gasteiger partial charge in [-0.2, -0.15) is 0 Å². The van der Waals surface area contributed by atoms with Crippen LogP contribution in [0.5, 0.6) is 0 Å². The molecule has 0 bridgehead atoms. The van der Waals surface area contributed by atoms with Crippen molar-refractivity contribution in [3.8, 4) is 0 Å². The van der Waals surface area contributed by atoms with Crippen molar-refractivity contribution in [2.45, 2.75) is 13.5 Å². The monoisotopic (exact) mass is 185 g/mol. The summed E-state index contributed by atoms with van der Waals surface area (Å²) in [6, 6.07) is 1.74. The first kappa shape index (κ1) is 9.22. The fourth-order valence-electron chi connectivity index (χ4n) is 0.889. The Bertz CT molecular complexity index is 270. The quantitative estimate of drug-likeness (QED) is 0.724. The molecular weight excluding hydrogens is 174 g/mol. The molecule has 0 aromatic carbocycles. The minimum atomic E-state index is -0.279. The van der Waals surface area contributed by atoms with Crippen molar-refractivity contribution in [1.82, 2.24) is 0 Å². The highest BCUT2D eigenvalue weighted by molar-refractivity contribution is 7.10. The van der Waals surface area contributed by atoms with Crippen LogP contribution in [-0.4, -0.2) is 12.6 Å². The number of hydrogen-bond donors (Lipinski definition) is 1. The van der Waals surface area contributed by atoms with E-state index in [1.807, 2.05) is 5.38 Å². The van der Waals surface area contributed by atoms with Gasteiger partial charge >= 0.3 is 5.97 Å². The van der Waals surface area contributed by atoms with Crippen molar-refractivity contribution in [3.05, 3.63) is 21.9 Å². The van der Waals surface area contributed by atoms with Gasteiger partial charge in [-0.3, -0.25) is 0 Å². The van der Waals surface area contributed by atoms with Crippen molar-refractivity contribution in [2.75, 3.05) is 6.61 Å². The number of ether oxygens (including phenoxy) is 1. The molecule has 0 aliphatic carbocycles. The van der Waals surface area contributed by atoms with Crippen LogP contribution in [0.15, 0.2) is 11.4 Å². The first-order chi connectivity index (χ1) is 5.79. The van der Waals surface area contributed by atoms with Gasteiger partial charge in [-0.25, -0.2) is 4.79 Å². The maximum Gasteiger partial charge on any atom is 0.339 e. The van der Waals surface area contributed by atoms with Crippen LogP contribution < -0.4 is 5.73 Å². The van der Waals surface area contributed by atoms with Crippen LogP contribution in [0.1, 0.15) is 22.2 Å². The van der Waals surface area contributed by atoms with Gasteiger partial charge in [0.05, 0.1) is 12.2 Å². The van der Waals surface area contributed by atoms with Gasteiger partial charge in [0.2, 0.25) is 0 Å². The van der Waals surface area contributed by atoms with Gasteiger partial charge in [0.1, 0.15) is 0 Å². The summed E-state index contributed by atoms with van der Waals surface area (Å²) in [5.74, 6) is -0.279. The lowest BCUT2D eigenvalue weighted by molar-refractivity contribution is 0.0526. The van der Waals surface area contributed by atoms with Gasteiger partial charge in [0.25, 0.3) is 0 Å². The van der Waals surface area contributed by atoms with E-state index in [0.29, 0.717) is 18.7 Å². The van der Waals surface area contributed by atoms with Crippen molar-refractivity contribution >= 4 is 17.3 Å². The minimum absolute atomic E-state index is 0.279. The summed E-state index contributed by atoms with van der Waals surface area (Å²) >= 11 is 1.48. The van der Waals surface area contributed by atoms with E-state index in [1.54, 1.807) is 13.0 Å². The lowest BCUT2D eigenvalue weighted by atomic mass is 10.2. The summed E-state index contributed by atoms with van der Waals surface area (Å²) in [5, 5.41) is 1.84. The first-order valence-electron chi connectivity index (χ1n) is 3.73. The minimum Gasteiger partial charge on any atom is -0.462 e. The number of rotatable bonds is 3.